The van der Waals surface area contributed by atoms with Gasteiger partial charge in [-0.05, 0) is 54.0 Å². The summed E-state index contributed by atoms with van der Waals surface area (Å²) in [5, 5.41) is 3.20. The van der Waals surface area contributed by atoms with Gasteiger partial charge in [-0.1, -0.05) is 0 Å². The Labute approximate surface area is 121 Å². The van der Waals surface area contributed by atoms with Crippen molar-refractivity contribution in [3.63, 3.8) is 0 Å². The van der Waals surface area contributed by atoms with E-state index in [0.29, 0.717) is 5.75 Å². The molecule has 19 heavy (non-hydrogen) atoms. The molecule has 7 heteroatoms. The Hall–Kier alpha value is -0.630. The minimum atomic E-state index is -3.49. The van der Waals surface area contributed by atoms with Crippen molar-refractivity contribution >= 4 is 26.0 Å². The summed E-state index contributed by atoms with van der Waals surface area (Å²) in [5.41, 5.74) is 0. The molecule has 0 unspecified atom stereocenters. The van der Waals surface area contributed by atoms with Gasteiger partial charge in [0.2, 0.25) is 10.0 Å². The van der Waals surface area contributed by atoms with Gasteiger partial charge in [0, 0.05) is 12.1 Å². The van der Waals surface area contributed by atoms with Crippen molar-refractivity contribution < 1.29 is 13.2 Å². The fourth-order valence-electron chi connectivity index (χ4n) is 2.03. The maximum absolute atomic E-state index is 12.3. The van der Waals surface area contributed by atoms with Crippen molar-refractivity contribution in [2.75, 3.05) is 20.2 Å². The largest absolute Gasteiger partial charge is 0.496 e. The van der Waals surface area contributed by atoms with Gasteiger partial charge in [0.1, 0.15) is 5.75 Å². The van der Waals surface area contributed by atoms with E-state index in [1.54, 1.807) is 12.1 Å². The molecule has 2 N–H and O–H groups in total. The fraction of sp³-hybridized carbons (Fsp3) is 0.500. The van der Waals surface area contributed by atoms with Gasteiger partial charge in [-0.25, -0.2) is 13.1 Å². The van der Waals surface area contributed by atoms with Gasteiger partial charge in [0.05, 0.1) is 16.5 Å². The van der Waals surface area contributed by atoms with Crippen molar-refractivity contribution in [3.05, 3.63) is 22.7 Å². The van der Waals surface area contributed by atoms with Crippen molar-refractivity contribution in [1.82, 2.24) is 10.0 Å². The number of methoxy groups -OCH3 is 1. The fourth-order valence-corrected chi connectivity index (χ4v) is 3.76. The summed E-state index contributed by atoms with van der Waals surface area (Å²) >= 11 is 3.31. The molecule has 0 atom stereocenters. The van der Waals surface area contributed by atoms with Gasteiger partial charge in [-0.3, -0.25) is 0 Å². The highest BCUT2D eigenvalue weighted by Gasteiger charge is 2.22. The van der Waals surface area contributed by atoms with Crippen LogP contribution in [0.2, 0.25) is 0 Å². The minimum Gasteiger partial charge on any atom is -0.496 e. The van der Waals surface area contributed by atoms with E-state index in [4.69, 9.17) is 4.74 Å². The second-order valence-electron chi connectivity index (χ2n) is 4.44. The number of halogens is 1. The molecule has 1 saturated heterocycles. The van der Waals surface area contributed by atoms with Crippen LogP contribution in [0.5, 0.6) is 5.75 Å². The highest BCUT2D eigenvalue weighted by molar-refractivity contribution is 9.10. The smallest absolute Gasteiger partial charge is 0.240 e. The minimum absolute atomic E-state index is 0.000826. The van der Waals surface area contributed by atoms with E-state index in [1.165, 1.54) is 13.2 Å². The molecule has 2 rings (SSSR count). The van der Waals surface area contributed by atoms with Crippen LogP contribution in [-0.4, -0.2) is 34.7 Å². The van der Waals surface area contributed by atoms with E-state index in [-0.39, 0.29) is 10.9 Å². The van der Waals surface area contributed by atoms with Gasteiger partial charge in [0.15, 0.2) is 0 Å². The molecule has 1 fully saturated rings. The molecule has 5 nitrogen and oxygen atoms in total. The molecule has 1 aliphatic rings. The lowest BCUT2D eigenvalue weighted by atomic mass is 10.1. The summed E-state index contributed by atoms with van der Waals surface area (Å²) in [6.07, 6.45) is 1.62. The molecule has 0 bridgehead atoms. The van der Waals surface area contributed by atoms with Crippen LogP contribution in [-0.2, 0) is 10.0 Å². The Morgan fingerprint density at radius 1 is 1.37 bits per heavy atom. The molecular weight excluding hydrogens is 332 g/mol. The Balaban J connectivity index is 2.18. The van der Waals surface area contributed by atoms with Crippen molar-refractivity contribution in [3.8, 4) is 5.75 Å². The SMILES string of the molecule is COc1cc(S(=O)(=O)NC2CCNCC2)ccc1Br. The Morgan fingerprint density at radius 2 is 2.05 bits per heavy atom. The van der Waals surface area contributed by atoms with E-state index < -0.39 is 10.0 Å². The van der Waals surface area contributed by atoms with Crippen molar-refractivity contribution in [2.24, 2.45) is 0 Å². The number of nitrogens with one attached hydrogen (secondary N) is 2. The van der Waals surface area contributed by atoms with E-state index in [0.717, 1.165) is 30.4 Å². The Morgan fingerprint density at radius 3 is 2.68 bits per heavy atom. The third kappa shape index (κ3) is 3.68. The van der Waals surface area contributed by atoms with Gasteiger partial charge < -0.3 is 10.1 Å². The van der Waals surface area contributed by atoms with Gasteiger partial charge in [-0.2, -0.15) is 0 Å². The predicted octanol–water partition coefficient (Wildman–Crippen LogP) is 1.49. The summed E-state index contributed by atoms with van der Waals surface area (Å²) in [7, 11) is -1.98. The third-order valence-corrected chi connectivity index (χ3v) is 5.27. The molecule has 1 aromatic rings. The number of benzene rings is 1. The monoisotopic (exact) mass is 348 g/mol. The summed E-state index contributed by atoms with van der Waals surface area (Å²) in [6.45, 7) is 1.69. The average molecular weight is 349 g/mol. The quantitative estimate of drug-likeness (QED) is 0.864. The van der Waals surface area contributed by atoms with E-state index in [1.807, 2.05) is 0 Å². The van der Waals surface area contributed by atoms with Gasteiger partial charge in [-0.15, -0.1) is 0 Å². The second kappa shape index (κ2) is 6.21. The Bertz CT molecular complexity index is 542. The maximum atomic E-state index is 12.3. The zero-order valence-corrected chi connectivity index (χ0v) is 13.1. The molecule has 1 heterocycles. The van der Waals surface area contributed by atoms with E-state index >= 15 is 0 Å². The molecule has 0 saturated carbocycles. The van der Waals surface area contributed by atoms with Crippen LogP contribution >= 0.6 is 15.9 Å². The van der Waals surface area contributed by atoms with E-state index in [2.05, 4.69) is 26.0 Å². The number of sulfonamides is 1. The first-order valence-corrected chi connectivity index (χ1v) is 8.37. The standard InChI is InChI=1S/C12H17BrN2O3S/c1-18-12-8-10(2-3-11(12)13)19(16,17)15-9-4-6-14-7-5-9/h2-3,8-9,14-15H,4-7H2,1H3. The first-order valence-electron chi connectivity index (χ1n) is 6.09. The molecule has 0 radical (unpaired) electrons. The third-order valence-electron chi connectivity index (χ3n) is 3.09. The topological polar surface area (TPSA) is 67.4 Å². The Kier molecular flexibility index (Phi) is 4.83. The van der Waals surface area contributed by atoms with Crippen LogP contribution in [0.1, 0.15) is 12.8 Å². The normalized spacial score (nSPS) is 17.4. The molecule has 0 spiro atoms. The van der Waals surface area contributed by atoms with E-state index in [9.17, 15) is 8.42 Å². The lowest BCUT2D eigenvalue weighted by Gasteiger charge is -2.23. The molecular formula is C12H17BrN2O3S. The second-order valence-corrected chi connectivity index (χ2v) is 7.01. The average Bonchev–Trinajstić information content (AvgIpc) is 2.39. The summed E-state index contributed by atoms with van der Waals surface area (Å²) in [4.78, 5) is 0.228. The number of hydrogen-bond donors (Lipinski definition) is 2. The number of hydrogen-bond acceptors (Lipinski definition) is 4. The van der Waals surface area contributed by atoms with Crippen LogP contribution in [0.3, 0.4) is 0 Å². The molecule has 0 aliphatic carbocycles. The van der Waals surface area contributed by atoms with Crippen molar-refractivity contribution in [2.45, 2.75) is 23.8 Å². The lowest BCUT2D eigenvalue weighted by molar-refractivity contribution is 0.410. The van der Waals surface area contributed by atoms with Crippen LogP contribution in [0, 0.1) is 0 Å². The molecule has 106 valence electrons. The molecule has 1 aliphatic heterocycles. The first-order chi connectivity index (χ1) is 9.03. The molecule has 0 amide bonds. The predicted molar refractivity (Wildman–Crippen MR) is 76.9 cm³/mol. The van der Waals surface area contributed by atoms with Crippen LogP contribution < -0.4 is 14.8 Å². The number of piperidine rings is 1. The zero-order valence-electron chi connectivity index (χ0n) is 10.6. The van der Waals surface area contributed by atoms with Crippen LogP contribution in [0.15, 0.2) is 27.6 Å². The highest BCUT2D eigenvalue weighted by atomic mass is 79.9. The number of rotatable bonds is 4. The zero-order chi connectivity index (χ0) is 13.9. The summed E-state index contributed by atoms with van der Waals surface area (Å²) in [5.74, 6) is 0.508. The molecule has 0 aromatic heterocycles. The summed E-state index contributed by atoms with van der Waals surface area (Å²) in [6, 6.07) is 4.76. The lowest BCUT2D eigenvalue weighted by Crippen LogP contribution is -2.42. The van der Waals surface area contributed by atoms with Crippen molar-refractivity contribution in [1.29, 1.82) is 0 Å². The van der Waals surface area contributed by atoms with Gasteiger partial charge >= 0.3 is 0 Å². The van der Waals surface area contributed by atoms with Crippen LogP contribution in [0.25, 0.3) is 0 Å². The maximum Gasteiger partial charge on any atom is 0.240 e. The molecule has 1 aromatic carbocycles. The summed E-state index contributed by atoms with van der Waals surface area (Å²) < 4.78 is 33.2. The van der Waals surface area contributed by atoms with Gasteiger partial charge in [0.25, 0.3) is 0 Å². The first kappa shape index (κ1) is 14.8. The highest BCUT2D eigenvalue weighted by Crippen LogP contribution is 2.27. The van der Waals surface area contributed by atoms with Crippen LogP contribution in [0.4, 0.5) is 0 Å². The number of ether oxygens (including phenoxy) is 1.